The van der Waals surface area contributed by atoms with E-state index in [1.54, 1.807) is 0 Å². The Labute approximate surface area is 125 Å². The monoisotopic (exact) mass is 295 g/mol. The summed E-state index contributed by atoms with van der Waals surface area (Å²) in [6.07, 6.45) is 13.2. The van der Waals surface area contributed by atoms with Crippen LogP contribution in [0.15, 0.2) is 24.8 Å². The molecule has 6 heteroatoms. The van der Waals surface area contributed by atoms with Crippen molar-refractivity contribution in [2.24, 2.45) is 0 Å². The molecule has 20 heavy (non-hydrogen) atoms. The van der Waals surface area contributed by atoms with Gasteiger partial charge in [-0.1, -0.05) is 12.8 Å². The molecule has 0 aromatic carbocycles. The van der Waals surface area contributed by atoms with Crippen molar-refractivity contribution in [1.82, 2.24) is 19.6 Å². The van der Waals surface area contributed by atoms with Crippen LogP contribution in [-0.4, -0.2) is 19.6 Å². The largest absolute Gasteiger partial charge is 0.378 e. The lowest BCUT2D eigenvalue weighted by molar-refractivity contribution is 0.467. The van der Waals surface area contributed by atoms with Crippen LogP contribution in [0.4, 0.5) is 5.69 Å². The zero-order valence-electron chi connectivity index (χ0n) is 11.8. The van der Waals surface area contributed by atoms with E-state index in [2.05, 4.69) is 39.5 Å². The summed E-state index contributed by atoms with van der Waals surface area (Å²) in [4.78, 5) is 0. The third-order valence-electron chi connectivity index (χ3n) is 3.81. The summed E-state index contributed by atoms with van der Waals surface area (Å²) in [5.41, 5.74) is 2.30. The predicted molar refractivity (Wildman–Crippen MR) is 82.2 cm³/mol. The molecule has 1 fully saturated rings. The maximum Gasteiger partial charge on any atom is 0.0729 e. The van der Waals surface area contributed by atoms with Gasteiger partial charge in [-0.3, -0.25) is 9.36 Å². The number of halogens is 1. The normalized spacial score (nSPS) is 15.2. The summed E-state index contributed by atoms with van der Waals surface area (Å²) in [5, 5.41) is 12.1. The van der Waals surface area contributed by atoms with Crippen LogP contribution in [0, 0.1) is 0 Å². The Hall–Kier alpha value is -1.49. The molecule has 0 radical (unpaired) electrons. The zero-order valence-corrected chi connectivity index (χ0v) is 12.6. The van der Waals surface area contributed by atoms with E-state index in [1.165, 1.54) is 31.2 Å². The molecule has 0 unspecified atom stereocenters. The summed E-state index contributed by atoms with van der Waals surface area (Å²) in [7, 11) is 0. The van der Waals surface area contributed by atoms with Gasteiger partial charge >= 0.3 is 0 Å². The average Bonchev–Trinajstić information content (AvgIpc) is 3.16. The molecule has 0 atom stereocenters. The van der Waals surface area contributed by atoms with Gasteiger partial charge in [-0.05, 0) is 19.8 Å². The topological polar surface area (TPSA) is 47.7 Å². The van der Waals surface area contributed by atoms with Gasteiger partial charge in [-0.15, -0.1) is 12.4 Å². The van der Waals surface area contributed by atoms with Crippen molar-refractivity contribution in [1.29, 1.82) is 0 Å². The number of nitrogens with zero attached hydrogens (tertiary/aromatic N) is 4. The molecule has 0 spiro atoms. The van der Waals surface area contributed by atoms with Crippen LogP contribution in [0.5, 0.6) is 0 Å². The van der Waals surface area contributed by atoms with E-state index in [0.29, 0.717) is 6.04 Å². The molecular formula is C14H22ClN5. The molecule has 2 heterocycles. The minimum atomic E-state index is 0. The van der Waals surface area contributed by atoms with Gasteiger partial charge in [-0.25, -0.2) is 0 Å². The summed E-state index contributed by atoms with van der Waals surface area (Å²) in [6, 6.07) is 0.610. The van der Waals surface area contributed by atoms with Crippen molar-refractivity contribution in [2.45, 2.75) is 51.7 Å². The molecule has 3 rings (SSSR count). The van der Waals surface area contributed by atoms with Crippen molar-refractivity contribution in [3.63, 3.8) is 0 Å². The first-order chi connectivity index (χ1) is 9.35. The van der Waals surface area contributed by atoms with E-state index in [0.717, 1.165) is 18.8 Å². The highest BCUT2D eigenvalue weighted by Gasteiger charge is 2.17. The van der Waals surface area contributed by atoms with E-state index in [4.69, 9.17) is 0 Å². The Morgan fingerprint density at radius 1 is 1.20 bits per heavy atom. The molecule has 1 aliphatic carbocycles. The minimum Gasteiger partial charge on any atom is -0.378 e. The van der Waals surface area contributed by atoms with Gasteiger partial charge in [-0.2, -0.15) is 10.2 Å². The summed E-state index contributed by atoms with van der Waals surface area (Å²) in [5.74, 6) is 0. The molecule has 5 nitrogen and oxygen atoms in total. The van der Waals surface area contributed by atoms with Crippen LogP contribution in [0.25, 0.3) is 0 Å². The second-order valence-corrected chi connectivity index (χ2v) is 5.21. The van der Waals surface area contributed by atoms with E-state index in [1.807, 2.05) is 17.1 Å². The van der Waals surface area contributed by atoms with Crippen molar-refractivity contribution in [3.8, 4) is 0 Å². The Kier molecular flexibility index (Phi) is 5.06. The average molecular weight is 296 g/mol. The molecule has 1 N–H and O–H groups in total. The lowest BCUT2D eigenvalue weighted by Crippen LogP contribution is -2.04. The molecule has 2 aromatic heterocycles. The molecule has 110 valence electrons. The first kappa shape index (κ1) is 14.9. The SMILES string of the molecule is CCn1cc(CNc2cnn(C3CCCC3)c2)cn1.Cl. The van der Waals surface area contributed by atoms with E-state index >= 15 is 0 Å². The summed E-state index contributed by atoms with van der Waals surface area (Å²) >= 11 is 0. The highest BCUT2D eigenvalue weighted by Crippen LogP contribution is 2.29. The Morgan fingerprint density at radius 3 is 2.70 bits per heavy atom. The van der Waals surface area contributed by atoms with Gasteiger partial charge in [0.15, 0.2) is 0 Å². The van der Waals surface area contributed by atoms with Gasteiger partial charge in [0.1, 0.15) is 0 Å². The standard InChI is InChI=1S/C14H21N5.ClH/c1-2-18-10-12(8-16-18)7-15-13-9-17-19(11-13)14-5-3-4-6-14;/h8-11,14-15H,2-7H2,1H3;1H. The van der Waals surface area contributed by atoms with E-state index in [-0.39, 0.29) is 12.4 Å². The van der Waals surface area contributed by atoms with Gasteiger partial charge in [0, 0.05) is 31.0 Å². The smallest absolute Gasteiger partial charge is 0.0729 e. The minimum absolute atomic E-state index is 0. The molecule has 1 saturated carbocycles. The Balaban J connectivity index is 0.00000147. The van der Waals surface area contributed by atoms with Gasteiger partial charge in [0.2, 0.25) is 0 Å². The van der Waals surface area contributed by atoms with Crippen LogP contribution in [0.3, 0.4) is 0 Å². The molecule has 1 aliphatic rings. The third-order valence-corrected chi connectivity index (χ3v) is 3.81. The number of nitrogens with one attached hydrogen (secondary N) is 1. The van der Waals surface area contributed by atoms with Crippen molar-refractivity contribution >= 4 is 18.1 Å². The van der Waals surface area contributed by atoms with Gasteiger partial charge < -0.3 is 5.32 Å². The van der Waals surface area contributed by atoms with Gasteiger partial charge in [0.25, 0.3) is 0 Å². The van der Waals surface area contributed by atoms with Crippen LogP contribution in [0.1, 0.15) is 44.2 Å². The molecule has 0 amide bonds. The lowest BCUT2D eigenvalue weighted by Gasteiger charge is -2.08. The Bertz CT molecular complexity index is 527. The number of hydrogen-bond acceptors (Lipinski definition) is 3. The lowest BCUT2D eigenvalue weighted by atomic mass is 10.3. The highest BCUT2D eigenvalue weighted by molar-refractivity contribution is 5.85. The third kappa shape index (κ3) is 3.33. The fraction of sp³-hybridized carbons (Fsp3) is 0.571. The molecule has 2 aromatic rings. The van der Waals surface area contributed by atoms with E-state index < -0.39 is 0 Å². The van der Waals surface area contributed by atoms with Crippen LogP contribution in [-0.2, 0) is 13.1 Å². The van der Waals surface area contributed by atoms with Gasteiger partial charge in [0.05, 0.1) is 24.1 Å². The molecule has 0 bridgehead atoms. The number of hydrogen-bond donors (Lipinski definition) is 1. The fourth-order valence-corrected chi connectivity index (χ4v) is 2.67. The van der Waals surface area contributed by atoms with Crippen molar-refractivity contribution in [3.05, 3.63) is 30.4 Å². The quantitative estimate of drug-likeness (QED) is 0.921. The number of anilines is 1. The van der Waals surface area contributed by atoms with Crippen LogP contribution < -0.4 is 5.32 Å². The molecule has 0 saturated heterocycles. The molecule has 0 aliphatic heterocycles. The molecular weight excluding hydrogens is 274 g/mol. The van der Waals surface area contributed by atoms with Crippen molar-refractivity contribution < 1.29 is 0 Å². The second kappa shape index (κ2) is 6.79. The van der Waals surface area contributed by atoms with Crippen LogP contribution in [0.2, 0.25) is 0 Å². The summed E-state index contributed by atoms with van der Waals surface area (Å²) in [6.45, 7) is 3.81. The number of rotatable bonds is 5. The first-order valence-corrected chi connectivity index (χ1v) is 7.14. The van der Waals surface area contributed by atoms with E-state index in [9.17, 15) is 0 Å². The maximum absolute atomic E-state index is 4.47. The fourth-order valence-electron chi connectivity index (χ4n) is 2.67. The number of aryl methyl sites for hydroxylation is 1. The zero-order chi connectivity index (χ0) is 13.1. The second-order valence-electron chi connectivity index (χ2n) is 5.21. The van der Waals surface area contributed by atoms with Crippen LogP contribution >= 0.6 is 12.4 Å². The maximum atomic E-state index is 4.47. The number of aromatic nitrogens is 4. The summed E-state index contributed by atoms with van der Waals surface area (Å²) < 4.78 is 4.06. The first-order valence-electron chi connectivity index (χ1n) is 7.14. The predicted octanol–water partition coefficient (Wildman–Crippen LogP) is 3.25. The Morgan fingerprint density at radius 2 is 2.00 bits per heavy atom. The highest BCUT2D eigenvalue weighted by atomic mass is 35.5. The van der Waals surface area contributed by atoms with Crippen molar-refractivity contribution in [2.75, 3.05) is 5.32 Å².